The quantitative estimate of drug-likeness (QED) is 0.239. The number of rotatable bonds is 12. The molecule has 3 amide bonds. The van der Waals surface area contributed by atoms with Crippen LogP contribution >= 0.6 is 11.3 Å². The molecule has 0 radical (unpaired) electrons. The normalized spacial score (nSPS) is 15.2. The monoisotopic (exact) mass is 537 g/mol. The fourth-order valence-electron chi connectivity index (χ4n) is 3.83. The van der Waals surface area contributed by atoms with Crippen molar-refractivity contribution in [2.45, 2.75) is 78.6 Å². The van der Waals surface area contributed by atoms with E-state index in [4.69, 9.17) is 9.47 Å². The molecule has 0 aromatic carbocycles. The summed E-state index contributed by atoms with van der Waals surface area (Å²) in [6.45, 7) is 10.9. The van der Waals surface area contributed by atoms with E-state index >= 15 is 0 Å². The number of nitrogens with zero attached hydrogens (tertiary/aromatic N) is 3. The number of unbranched alkanes of at least 4 members (excludes halogenated alkanes) is 1. The van der Waals surface area contributed by atoms with Crippen molar-refractivity contribution in [1.82, 2.24) is 14.8 Å². The second-order valence-corrected chi connectivity index (χ2v) is 11.0. The van der Waals surface area contributed by atoms with Gasteiger partial charge in [-0.05, 0) is 39.5 Å². The number of imide groups is 1. The van der Waals surface area contributed by atoms with Gasteiger partial charge in [0, 0.05) is 50.0 Å². The second-order valence-electron chi connectivity index (χ2n) is 10.1. The lowest BCUT2D eigenvalue weighted by Gasteiger charge is -2.37. The topological polar surface area (TPSA) is 143 Å². The van der Waals surface area contributed by atoms with Crippen molar-refractivity contribution in [3.05, 3.63) is 28.2 Å². The van der Waals surface area contributed by atoms with Crippen LogP contribution in [-0.2, 0) is 23.9 Å². The Morgan fingerprint density at radius 1 is 1.14 bits per heavy atom. The number of hydrogen-bond acceptors (Lipinski definition) is 9. The van der Waals surface area contributed by atoms with Crippen LogP contribution in [-0.4, -0.2) is 74.5 Å². The Bertz CT molecular complexity index is 1020. The molecule has 2 heterocycles. The molecule has 1 N–H and O–H groups in total. The maximum atomic E-state index is 13.3. The van der Waals surface area contributed by atoms with E-state index in [1.807, 2.05) is 13.8 Å². The third kappa shape index (κ3) is 8.96. The highest BCUT2D eigenvalue weighted by Gasteiger charge is 2.34. The van der Waals surface area contributed by atoms with E-state index in [0.29, 0.717) is 17.8 Å². The van der Waals surface area contributed by atoms with Crippen molar-refractivity contribution in [3.63, 3.8) is 0 Å². The number of carbonyl (C=O) groups is 5. The molecule has 12 heteroatoms. The SMILES string of the molecule is CC(=O)O[C@H](C[C@H](C(C)C)N(CCCCN1C(=O)C=CC1=O)C(=O)OC(C)(C)C)c1nc(C(=O)O)cs1. The number of aromatic carboxylic acids is 1. The molecule has 2 rings (SSSR count). The summed E-state index contributed by atoms with van der Waals surface area (Å²) < 4.78 is 11.2. The molecule has 1 aliphatic rings. The summed E-state index contributed by atoms with van der Waals surface area (Å²) in [6, 6.07) is -0.451. The van der Waals surface area contributed by atoms with E-state index in [9.17, 15) is 29.1 Å². The average molecular weight is 538 g/mol. The van der Waals surface area contributed by atoms with E-state index < -0.39 is 35.8 Å². The highest BCUT2D eigenvalue weighted by molar-refractivity contribution is 7.09. The first-order chi connectivity index (χ1) is 17.2. The minimum atomic E-state index is -1.19. The third-order valence-electron chi connectivity index (χ3n) is 5.51. The van der Waals surface area contributed by atoms with Gasteiger partial charge in [-0.25, -0.2) is 14.6 Å². The second kappa shape index (κ2) is 12.8. The number of thiazole rings is 1. The van der Waals surface area contributed by atoms with Gasteiger partial charge in [0.05, 0.1) is 0 Å². The average Bonchev–Trinajstić information content (AvgIpc) is 3.38. The van der Waals surface area contributed by atoms with Crippen molar-refractivity contribution in [1.29, 1.82) is 0 Å². The molecule has 0 saturated heterocycles. The van der Waals surface area contributed by atoms with E-state index in [1.165, 1.54) is 24.5 Å². The van der Waals surface area contributed by atoms with Crippen LogP contribution in [0.2, 0.25) is 0 Å². The molecule has 1 aliphatic heterocycles. The Morgan fingerprint density at radius 2 is 1.76 bits per heavy atom. The van der Waals surface area contributed by atoms with E-state index in [1.54, 1.807) is 25.7 Å². The number of esters is 1. The van der Waals surface area contributed by atoms with Crippen LogP contribution in [0, 0.1) is 5.92 Å². The molecular formula is C25H35N3O8S. The zero-order chi connectivity index (χ0) is 27.9. The van der Waals surface area contributed by atoms with Gasteiger partial charge in [-0.15, -0.1) is 11.3 Å². The Morgan fingerprint density at radius 3 is 2.24 bits per heavy atom. The predicted octanol–water partition coefficient (Wildman–Crippen LogP) is 3.80. The molecule has 1 aromatic rings. The first-order valence-corrected chi connectivity index (χ1v) is 13.0. The van der Waals surface area contributed by atoms with E-state index in [2.05, 4.69) is 4.98 Å². The summed E-state index contributed by atoms with van der Waals surface area (Å²) in [6.07, 6.45) is 2.19. The van der Waals surface area contributed by atoms with Gasteiger partial charge in [-0.2, -0.15) is 0 Å². The zero-order valence-electron chi connectivity index (χ0n) is 22.1. The number of carbonyl (C=O) groups excluding carboxylic acids is 4. The van der Waals surface area contributed by atoms with Gasteiger partial charge in [-0.1, -0.05) is 13.8 Å². The van der Waals surface area contributed by atoms with Crippen LogP contribution in [0.5, 0.6) is 0 Å². The predicted molar refractivity (Wildman–Crippen MR) is 135 cm³/mol. The summed E-state index contributed by atoms with van der Waals surface area (Å²) in [5.41, 5.74) is -0.902. The first kappa shape index (κ1) is 29.9. The Labute approximate surface area is 220 Å². The number of carboxylic acid groups (broad SMARTS) is 1. The standard InChI is InChI=1S/C25H35N3O8S/c1-15(2)18(13-19(35-16(3)29)22-26-17(14-37-22)23(32)33)27(24(34)36-25(4,5)6)11-7-8-12-28-20(30)9-10-21(28)31/h9-10,14-15,18-19H,7-8,11-13H2,1-6H3,(H,32,33)/t18-,19-/m1/s1. The summed E-state index contributed by atoms with van der Waals surface area (Å²) in [4.78, 5) is 66.9. The van der Waals surface area contributed by atoms with Crippen molar-refractivity contribution in [2.75, 3.05) is 13.1 Å². The van der Waals surface area contributed by atoms with Crippen LogP contribution in [0.25, 0.3) is 0 Å². The summed E-state index contributed by atoms with van der Waals surface area (Å²) in [5.74, 6) is -2.55. The van der Waals surface area contributed by atoms with Gasteiger partial charge < -0.3 is 19.5 Å². The first-order valence-electron chi connectivity index (χ1n) is 12.1. The summed E-state index contributed by atoms with van der Waals surface area (Å²) in [7, 11) is 0. The number of hydrogen-bond donors (Lipinski definition) is 1. The van der Waals surface area contributed by atoms with Gasteiger partial charge in [0.25, 0.3) is 11.8 Å². The van der Waals surface area contributed by atoms with E-state index in [0.717, 1.165) is 16.2 Å². The molecule has 0 saturated carbocycles. The smallest absolute Gasteiger partial charge is 0.410 e. The molecule has 11 nitrogen and oxygen atoms in total. The van der Waals surface area contributed by atoms with E-state index in [-0.39, 0.29) is 42.9 Å². The fourth-order valence-corrected chi connectivity index (χ4v) is 4.66. The maximum Gasteiger partial charge on any atom is 0.410 e. The molecule has 0 bridgehead atoms. The third-order valence-corrected chi connectivity index (χ3v) is 6.45. The van der Waals surface area contributed by atoms with Gasteiger partial charge in [0.15, 0.2) is 11.8 Å². The lowest BCUT2D eigenvalue weighted by Crippen LogP contribution is -2.47. The Hall–Kier alpha value is -3.28. The lowest BCUT2D eigenvalue weighted by atomic mass is 9.96. The van der Waals surface area contributed by atoms with Gasteiger partial charge >= 0.3 is 18.0 Å². The fraction of sp³-hybridized carbons (Fsp3) is 0.600. The van der Waals surface area contributed by atoms with Crippen molar-refractivity contribution >= 4 is 41.2 Å². The number of aromatic nitrogens is 1. The number of ether oxygens (including phenoxy) is 2. The van der Waals surface area contributed by atoms with Crippen molar-refractivity contribution < 1.29 is 38.6 Å². The molecule has 0 fully saturated rings. The summed E-state index contributed by atoms with van der Waals surface area (Å²) in [5, 5.41) is 10.9. The van der Waals surface area contributed by atoms with Crippen molar-refractivity contribution in [3.8, 4) is 0 Å². The van der Waals surface area contributed by atoms with Crippen molar-refractivity contribution in [2.24, 2.45) is 5.92 Å². The van der Waals surface area contributed by atoms with Crippen LogP contribution < -0.4 is 0 Å². The Balaban J connectivity index is 2.24. The number of carboxylic acids is 1. The highest BCUT2D eigenvalue weighted by Crippen LogP contribution is 2.31. The summed E-state index contributed by atoms with van der Waals surface area (Å²) >= 11 is 1.07. The van der Waals surface area contributed by atoms with Crippen LogP contribution in [0.15, 0.2) is 17.5 Å². The number of amides is 3. The minimum Gasteiger partial charge on any atom is -0.476 e. The molecule has 2 atom stereocenters. The molecular weight excluding hydrogens is 502 g/mol. The zero-order valence-corrected chi connectivity index (χ0v) is 22.9. The highest BCUT2D eigenvalue weighted by atomic mass is 32.1. The van der Waals surface area contributed by atoms with Gasteiger partial charge in [-0.3, -0.25) is 19.3 Å². The maximum absolute atomic E-state index is 13.3. The van der Waals surface area contributed by atoms with Gasteiger partial charge in [0.1, 0.15) is 10.6 Å². The Kier molecular flexibility index (Phi) is 10.4. The lowest BCUT2D eigenvalue weighted by molar-refractivity contribution is -0.148. The largest absolute Gasteiger partial charge is 0.476 e. The molecule has 1 aromatic heterocycles. The van der Waals surface area contributed by atoms with Gasteiger partial charge in [0.2, 0.25) is 0 Å². The van der Waals surface area contributed by atoms with Crippen LogP contribution in [0.1, 0.15) is 82.4 Å². The van der Waals surface area contributed by atoms with Crippen LogP contribution in [0.3, 0.4) is 0 Å². The molecule has 204 valence electrons. The molecule has 0 aliphatic carbocycles. The molecule has 0 spiro atoms. The van der Waals surface area contributed by atoms with Crippen LogP contribution in [0.4, 0.5) is 4.79 Å². The molecule has 37 heavy (non-hydrogen) atoms. The minimum absolute atomic E-state index is 0.0876. The molecule has 0 unspecified atom stereocenters.